The molecule has 1 aromatic heterocycles. The lowest BCUT2D eigenvalue weighted by Gasteiger charge is -2.45. The molecule has 1 aromatic carbocycles. The van der Waals surface area contributed by atoms with Crippen LogP contribution in [0.15, 0.2) is 47.6 Å². The van der Waals surface area contributed by atoms with Gasteiger partial charge in [-0.1, -0.05) is 12.1 Å². The van der Waals surface area contributed by atoms with Crippen molar-refractivity contribution in [2.75, 3.05) is 18.4 Å². The highest BCUT2D eigenvalue weighted by Crippen LogP contribution is 2.34. The van der Waals surface area contributed by atoms with Crippen LogP contribution in [0.2, 0.25) is 0 Å². The Labute approximate surface area is 152 Å². The van der Waals surface area contributed by atoms with Gasteiger partial charge in [-0.2, -0.15) is 9.98 Å². The van der Waals surface area contributed by atoms with Crippen LogP contribution in [-0.2, 0) is 16.6 Å². The number of nitrogens with zero attached hydrogens (tertiary/aromatic N) is 3. The zero-order chi connectivity index (χ0) is 18.2. The first kappa shape index (κ1) is 17.0. The first-order valence-corrected chi connectivity index (χ1v) is 9.96. The maximum Gasteiger partial charge on any atom is 0.246 e. The lowest BCUT2D eigenvalue weighted by molar-refractivity contribution is 0.159. The molecule has 1 spiro atoms. The first-order chi connectivity index (χ1) is 12.5. The Hall–Kier alpha value is -2.47. The predicted octanol–water partition coefficient (Wildman–Crippen LogP) is 1.65. The van der Waals surface area contributed by atoms with Crippen LogP contribution in [0.1, 0.15) is 24.0 Å². The fraction of sp³-hybridized carbons (Fsp3) is 0.333. The molecule has 0 atom stereocenters. The van der Waals surface area contributed by atoms with Crippen molar-refractivity contribution >= 4 is 15.7 Å². The molecule has 2 aromatic rings. The van der Waals surface area contributed by atoms with Crippen LogP contribution in [0.25, 0.3) is 0 Å². The van der Waals surface area contributed by atoms with Crippen molar-refractivity contribution in [3.05, 3.63) is 53.9 Å². The van der Waals surface area contributed by atoms with Crippen LogP contribution >= 0.6 is 0 Å². The van der Waals surface area contributed by atoms with E-state index in [2.05, 4.69) is 26.0 Å². The van der Waals surface area contributed by atoms with Gasteiger partial charge in [0.25, 0.3) is 0 Å². The van der Waals surface area contributed by atoms with Gasteiger partial charge in [0, 0.05) is 32.0 Å². The number of hydrogen-bond donors (Lipinski definition) is 2. The van der Waals surface area contributed by atoms with Crippen molar-refractivity contribution in [3.63, 3.8) is 0 Å². The van der Waals surface area contributed by atoms with E-state index in [1.165, 1.54) is 6.20 Å². The molecule has 0 radical (unpaired) electrons. The molecule has 4 rings (SSSR count). The Bertz CT molecular complexity index is 975. The van der Waals surface area contributed by atoms with Gasteiger partial charge in [-0.3, -0.25) is 9.88 Å². The van der Waals surface area contributed by atoms with E-state index in [0.717, 1.165) is 25.2 Å². The van der Waals surface area contributed by atoms with E-state index >= 15 is 0 Å². The lowest BCUT2D eigenvalue weighted by atomic mass is 9.96. The molecule has 0 saturated carbocycles. The molecule has 8 heteroatoms. The van der Waals surface area contributed by atoms with Crippen molar-refractivity contribution in [2.24, 2.45) is 0 Å². The topological polar surface area (TPSA) is 98.1 Å². The first-order valence-electron chi connectivity index (χ1n) is 8.47. The second kappa shape index (κ2) is 6.36. The normalized spacial score (nSPS) is 20.7. The summed E-state index contributed by atoms with van der Waals surface area (Å²) in [6.07, 6.45) is 4.28. The Kier molecular flexibility index (Phi) is 4.15. The SMILES string of the molecule is N#Cc1cccc(CN2CCC3(CC2)Nc2ccncc2S(=O)(=O)N3)c1. The molecule has 7 nitrogen and oxygen atoms in total. The number of sulfonamides is 1. The summed E-state index contributed by atoms with van der Waals surface area (Å²) in [6, 6.07) is 11.5. The Morgan fingerprint density at radius 2 is 2.08 bits per heavy atom. The van der Waals surface area contributed by atoms with Crippen molar-refractivity contribution in [2.45, 2.75) is 29.9 Å². The Morgan fingerprint density at radius 1 is 1.27 bits per heavy atom. The monoisotopic (exact) mass is 369 g/mol. The number of pyridine rings is 1. The molecular weight excluding hydrogens is 350 g/mol. The number of fused-ring (bicyclic) bond motifs is 1. The maximum atomic E-state index is 12.6. The van der Waals surface area contributed by atoms with Gasteiger partial charge in [0.1, 0.15) is 10.6 Å². The second-order valence-electron chi connectivity index (χ2n) is 6.77. The fourth-order valence-electron chi connectivity index (χ4n) is 3.61. The number of piperidine rings is 1. The number of aromatic nitrogens is 1. The minimum atomic E-state index is -3.57. The van der Waals surface area contributed by atoms with E-state index in [1.54, 1.807) is 18.3 Å². The number of benzene rings is 1. The minimum absolute atomic E-state index is 0.196. The third kappa shape index (κ3) is 3.17. The molecule has 2 aliphatic heterocycles. The lowest BCUT2D eigenvalue weighted by Crippen LogP contribution is -2.61. The Balaban J connectivity index is 1.48. The highest BCUT2D eigenvalue weighted by Gasteiger charge is 2.43. The van der Waals surface area contributed by atoms with Gasteiger partial charge < -0.3 is 5.32 Å². The van der Waals surface area contributed by atoms with Crippen LogP contribution in [0.3, 0.4) is 0 Å². The van der Waals surface area contributed by atoms with Crippen LogP contribution in [0.4, 0.5) is 5.69 Å². The van der Waals surface area contributed by atoms with Crippen LogP contribution in [-0.4, -0.2) is 37.1 Å². The van der Waals surface area contributed by atoms with E-state index in [-0.39, 0.29) is 4.90 Å². The summed E-state index contributed by atoms with van der Waals surface area (Å²) in [5.74, 6) is 0. The van der Waals surface area contributed by atoms with Gasteiger partial charge in [0.15, 0.2) is 0 Å². The number of likely N-dealkylation sites (tertiary alicyclic amines) is 1. The van der Waals surface area contributed by atoms with Gasteiger partial charge in [-0.15, -0.1) is 0 Å². The van der Waals surface area contributed by atoms with Gasteiger partial charge in [-0.05, 0) is 36.6 Å². The van der Waals surface area contributed by atoms with Gasteiger partial charge >= 0.3 is 0 Å². The maximum absolute atomic E-state index is 12.6. The summed E-state index contributed by atoms with van der Waals surface area (Å²) < 4.78 is 27.9. The van der Waals surface area contributed by atoms with Crippen molar-refractivity contribution in [1.82, 2.24) is 14.6 Å². The summed E-state index contributed by atoms with van der Waals surface area (Å²) in [5.41, 5.74) is 1.70. The third-order valence-corrected chi connectivity index (χ3v) is 6.51. The Morgan fingerprint density at radius 3 is 2.85 bits per heavy atom. The number of anilines is 1. The summed E-state index contributed by atoms with van der Waals surface area (Å²) in [7, 11) is -3.57. The average Bonchev–Trinajstić information content (AvgIpc) is 2.63. The number of nitrogens with one attached hydrogen (secondary N) is 2. The molecule has 3 heterocycles. The zero-order valence-corrected chi connectivity index (χ0v) is 15.0. The quantitative estimate of drug-likeness (QED) is 0.835. The third-order valence-electron chi connectivity index (χ3n) is 4.95. The summed E-state index contributed by atoms with van der Waals surface area (Å²) in [4.78, 5) is 6.38. The molecule has 0 amide bonds. The van der Waals surface area contributed by atoms with E-state index in [4.69, 9.17) is 5.26 Å². The number of nitriles is 1. The van der Waals surface area contributed by atoms with E-state index < -0.39 is 15.7 Å². The molecule has 134 valence electrons. The van der Waals surface area contributed by atoms with Gasteiger partial charge in [-0.25, -0.2) is 8.42 Å². The van der Waals surface area contributed by atoms with Crippen molar-refractivity contribution < 1.29 is 8.42 Å². The molecule has 2 N–H and O–H groups in total. The molecule has 0 aliphatic carbocycles. The van der Waals surface area contributed by atoms with Crippen LogP contribution < -0.4 is 10.0 Å². The molecule has 1 fully saturated rings. The molecule has 26 heavy (non-hydrogen) atoms. The second-order valence-corrected chi connectivity index (χ2v) is 8.42. The molecule has 2 aliphatic rings. The fourth-order valence-corrected chi connectivity index (χ4v) is 5.10. The van der Waals surface area contributed by atoms with E-state index in [9.17, 15) is 8.42 Å². The predicted molar refractivity (Wildman–Crippen MR) is 96.6 cm³/mol. The highest BCUT2D eigenvalue weighted by atomic mass is 32.2. The number of hydrogen-bond acceptors (Lipinski definition) is 6. The summed E-state index contributed by atoms with van der Waals surface area (Å²) >= 11 is 0. The number of rotatable bonds is 2. The summed E-state index contributed by atoms with van der Waals surface area (Å²) in [6.45, 7) is 2.26. The van der Waals surface area contributed by atoms with Gasteiger partial charge in [0.2, 0.25) is 10.0 Å². The molecular formula is C18H19N5O2S. The smallest absolute Gasteiger partial charge is 0.246 e. The molecule has 0 bridgehead atoms. The summed E-state index contributed by atoms with van der Waals surface area (Å²) in [5, 5.41) is 12.4. The van der Waals surface area contributed by atoms with E-state index in [1.807, 2.05) is 18.2 Å². The standard InChI is InChI=1S/C18H19N5O2S/c19-11-14-2-1-3-15(10-14)13-23-8-5-18(6-9-23)21-16-4-7-20-12-17(16)26(24,25)22-18/h1-4,7,10,12,21-22H,5-6,8-9,13H2. The van der Waals surface area contributed by atoms with Crippen molar-refractivity contribution in [1.29, 1.82) is 5.26 Å². The van der Waals surface area contributed by atoms with Crippen LogP contribution in [0, 0.1) is 11.3 Å². The molecule has 1 saturated heterocycles. The zero-order valence-electron chi connectivity index (χ0n) is 14.1. The van der Waals surface area contributed by atoms with Crippen LogP contribution in [0.5, 0.6) is 0 Å². The highest BCUT2D eigenvalue weighted by molar-refractivity contribution is 7.89. The molecule has 0 unspecified atom stereocenters. The largest absolute Gasteiger partial charge is 0.365 e. The average molecular weight is 369 g/mol. The van der Waals surface area contributed by atoms with E-state index in [0.29, 0.717) is 24.1 Å². The van der Waals surface area contributed by atoms with Crippen molar-refractivity contribution in [3.8, 4) is 6.07 Å². The minimum Gasteiger partial charge on any atom is -0.365 e. The van der Waals surface area contributed by atoms with Gasteiger partial charge in [0.05, 0.1) is 17.3 Å².